The van der Waals surface area contributed by atoms with E-state index in [0.29, 0.717) is 6.61 Å². The van der Waals surface area contributed by atoms with Crippen molar-refractivity contribution in [3.63, 3.8) is 0 Å². The summed E-state index contributed by atoms with van der Waals surface area (Å²) in [5.41, 5.74) is 0. The first kappa shape index (κ1) is 9.46. The molecule has 0 heterocycles. The van der Waals surface area contributed by atoms with Gasteiger partial charge in [0.1, 0.15) is 6.61 Å². The Morgan fingerprint density at radius 3 is 2.80 bits per heavy atom. The molecule has 0 spiro atoms. The van der Waals surface area contributed by atoms with Crippen LogP contribution in [0.4, 0.5) is 0 Å². The molecule has 0 saturated heterocycles. The molecule has 0 aromatic carbocycles. The van der Waals surface area contributed by atoms with Crippen LogP contribution in [0.3, 0.4) is 0 Å². The summed E-state index contributed by atoms with van der Waals surface area (Å²) in [6.07, 6.45) is 2.30. The number of ether oxygens (including phenoxy) is 2. The van der Waals surface area contributed by atoms with E-state index in [9.17, 15) is 0 Å². The van der Waals surface area contributed by atoms with Crippen LogP contribution in [0.2, 0.25) is 0 Å². The van der Waals surface area contributed by atoms with E-state index in [4.69, 9.17) is 14.6 Å². The third kappa shape index (κ3) is 5.59. The molecular formula is C7H14O3. The monoisotopic (exact) mass is 146 g/mol. The van der Waals surface area contributed by atoms with Gasteiger partial charge in [-0.2, -0.15) is 0 Å². The molecule has 3 nitrogen and oxygen atoms in total. The van der Waals surface area contributed by atoms with Crippen molar-refractivity contribution < 1.29 is 14.6 Å². The molecule has 0 aromatic rings. The van der Waals surface area contributed by atoms with Crippen LogP contribution in [-0.2, 0) is 9.47 Å². The van der Waals surface area contributed by atoms with Crippen molar-refractivity contribution >= 4 is 0 Å². The zero-order valence-electron chi connectivity index (χ0n) is 6.41. The fourth-order valence-electron chi connectivity index (χ4n) is 0.427. The van der Waals surface area contributed by atoms with E-state index in [0.717, 1.165) is 0 Å². The molecule has 0 saturated carbocycles. The van der Waals surface area contributed by atoms with Gasteiger partial charge in [-0.1, -0.05) is 6.08 Å². The van der Waals surface area contributed by atoms with Crippen molar-refractivity contribution in [2.45, 2.75) is 20.1 Å². The number of hydrogen-bond donors (Lipinski definition) is 1. The van der Waals surface area contributed by atoms with Crippen LogP contribution in [0.25, 0.3) is 0 Å². The number of allylic oxidation sites excluding steroid dienone is 1. The van der Waals surface area contributed by atoms with E-state index in [-0.39, 0.29) is 6.61 Å². The third-order valence-corrected chi connectivity index (χ3v) is 0.836. The van der Waals surface area contributed by atoms with Gasteiger partial charge < -0.3 is 14.6 Å². The predicted molar refractivity (Wildman–Crippen MR) is 38.4 cm³/mol. The highest BCUT2D eigenvalue weighted by molar-refractivity contribution is 4.65. The first-order valence-electron chi connectivity index (χ1n) is 3.33. The highest BCUT2D eigenvalue weighted by atomic mass is 16.6. The van der Waals surface area contributed by atoms with E-state index in [1.807, 2.05) is 13.8 Å². The van der Waals surface area contributed by atoms with Crippen LogP contribution >= 0.6 is 0 Å². The Bertz CT molecular complexity index is 90.9. The number of rotatable bonds is 5. The van der Waals surface area contributed by atoms with Crippen molar-refractivity contribution in [2.75, 3.05) is 13.2 Å². The van der Waals surface area contributed by atoms with Gasteiger partial charge in [0.25, 0.3) is 0 Å². The molecule has 3 heteroatoms. The lowest BCUT2D eigenvalue weighted by molar-refractivity contribution is -0.100. The average molecular weight is 146 g/mol. The van der Waals surface area contributed by atoms with Crippen molar-refractivity contribution in [3.8, 4) is 0 Å². The van der Waals surface area contributed by atoms with Gasteiger partial charge in [0.05, 0.1) is 6.26 Å². The van der Waals surface area contributed by atoms with Crippen LogP contribution in [0.5, 0.6) is 0 Å². The molecule has 0 rings (SSSR count). The lowest BCUT2D eigenvalue weighted by Crippen LogP contribution is -2.16. The first-order valence-corrected chi connectivity index (χ1v) is 3.33. The summed E-state index contributed by atoms with van der Waals surface area (Å²) in [6, 6.07) is 0. The van der Waals surface area contributed by atoms with E-state index in [1.165, 1.54) is 6.26 Å². The maximum absolute atomic E-state index is 8.91. The maximum atomic E-state index is 8.91. The average Bonchev–Trinajstić information content (AvgIpc) is 1.97. The number of hydrogen-bond acceptors (Lipinski definition) is 3. The summed E-state index contributed by atoms with van der Waals surface area (Å²) in [6.45, 7) is 4.49. The molecule has 0 aliphatic heterocycles. The fraction of sp³-hybridized carbons (Fsp3) is 0.714. The zero-order valence-corrected chi connectivity index (χ0v) is 6.41. The number of aliphatic hydroxyl groups excluding tert-OH is 1. The molecule has 10 heavy (non-hydrogen) atoms. The van der Waals surface area contributed by atoms with E-state index < -0.39 is 6.29 Å². The highest BCUT2D eigenvalue weighted by Crippen LogP contribution is 1.88. The first-order chi connectivity index (χ1) is 4.81. The normalized spacial score (nSPS) is 13.9. The van der Waals surface area contributed by atoms with Crippen molar-refractivity contribution in [3.05, 3.63) is 12.3 Å². The van der Waals surface area contributed by atoms with Gasteiger partial charge in [0.15, 0.2) is 0 Å². The molecule has 0 fully saturated rings. The van der Waals surface area contributed by atoms with Crippen LogP contribution in [0, 0.1) is 0 Å². The van der Waals surface area contributed by atoms with Gasteiger partial charge in [-0.15, -0.1) is 0 Å². The molecule has 1 atom stereocenters. The molecular weight excluding hydrogens is 132 g/mol. The summed E-state index contributed by atoms with van der Waals surface area (Å²) in [7, 11) is 0. The SMILES string of the molecule is CC=COC(O)COCC. The molecule has 0 aliphatic carbocycles. The Balaban J connectivity index is 3.16. The van der Waals surface area contributed by atoms with E-state index in [1.54, 1.807) is 6.08 Å². The standard InChI is InChI=1S/C7H14O3/c1-3-5-10-7(8)6-9-4-2/h3,5,7-8H,4,6H2,1-2H3. The van der Waals surface area contributed by atoms with Crippen LogP contribution in [0.15, 0.2) is 12.3 Å². The molecule has 0 radical (unpaired) electrons. The van der Waals surface area contributed by atoms with Gasteiger partial charge in [-0.3, -0.25) is 0 Å². The maximum Gasteiger partial charge on any atom is 0.220 e. The molecule has 0 aliphatic rings. The van der Waals surface area contributed by atoms with Gasteiger partial charge in [-0.25, -0.2) is 0 Å². The summed E-state index contributed by atoms with van der Waals surface area (Å²) < 4.78 is 9.63. The van der Waals surface area contributed by atoms with E-state index >= 15 is 0 Å². The summed E-state index contributed by atoms with van der Waals surface area (Å²) in [4.78, 5) is 0. The zero-order chi connectivity index (χ0) is 7.82. The quantitative estimate of drug-likeness (QED) is 0.462. The molecule has 0 aromatic heterocycles. The third-order valence-electron chi connectivity index (χ3n) is 0.836. The summed E-state index contributed by atoms with van der Waals surface area (Å²) >= 11 is 0. The Labute approximate surface area is 61.3 Å². The fourth-order valence-corrected chi connectivity index (χ4v) is 0.427. The molecule has 1 unspecified atom stereocenters. The summed E-state index contributed by atoms with van der Waals surface area (Å²) in [5, 5.41) is 8.91. The van der Waals surface area contributed by atoms with Crippen molar-refractivity contribution in [2.24, 2.45) is 0 Å². The van der Waals surface area contributed by atoms with Crippen LogP contribution in [-0.4, -0.2) is 24.6 Å². The molecule has 1 N–H and O–H groups in total. The predicted octanol–water partition coefficient (Wildman–Crippen LogP) is 0.891. The van der Waals surface area contributed by atoms with Gasteiger partial charge in [0, 0.05) is 6.61 Å². The van der Waals surface area contributed by atoms with Gasteiger partial charge >= 0.3 is 0 Å². The minimum atomic E-state index is -0.837. The topological polar surface area (TPSA) is 38.7 Å². The van der Waals surface area contributed by atoms with Gasteiger partial charge in [0.2, 0.25) is 6.29 Å². The molecule has 0 bridgehead atoms. The number of aliphatic hydroxyl groups is 1. The Morgan fingerprint density at radius 2 is 2.30 bits per heavy atom. The Morgan fingerprint density at radius 1 is 1.60 bits per heavy atom. The highest BCUT2D eigenvalue weighted by Gasteiger charge is 1.99. The summed E-state index contributed by atoms with van der Waals surface area (Å²) in [5.74, 6) is 0. The van der Waals surface area contributed by atoms with Crippen molar-refractivity contribution in [1.82, 2.24) is 0 Å². The van der Waals surface area contributed by atoms with Crippen molar-refractivity contribution in [1.29, 1.82) is 0 Å². The Hall–Kier alpha value is -0.540. The lowest BCUT2D eigenvalue weighted by atomic mass is 10.6. The van der Waals surface area contributed by atoms with E-state index in [2.05, 4.69) is 0 Å². The van der Waals surface area contributed by atoms with Crippen LogP contribution in [0.1, 0.15) is 13.8 Å². The minimum Gasteiger partial charge on any atom is -0.471 e. The van der Waals surface area contributed by atoms with Crippen LogP contribution < -0.4 is 0 Å². The Kier molecular flexibility index (Phi) is 6.22. The second-order valence-corrected chi connectivity index (χ2v) is 1.72. The minimum absolute atomic E-state index is 0.223. The molecule has 0 amide bonds. The molecule has 60 valence electrons. The second kappa shape index (κ2) is 6.58. The lowest BCUT2D eigenvalue weighted by Gasteiger charge is -2.08. The largest absolute Gasteiger partial charge is 0.471 e. The van der Waals surface area contributed by atoms with Gasteiger partial charge in [-0.05, 0) is 13.8 Å². The second-order valence-electron chi connectivity index (χ2n) is 1.72. The smallest absolute Gasteiger partial charge is 0.220 e.